The van der Waals surface area contributed by atoms with E-state index in [4.69, 9.17) is 10.5 Å². The molecule has 234 valence electrons. The SMILES string of the molecule is CC[C@H]1Cc2ccc(C(F)(F)F)cc2S(=O)(=O)N(Cc2cc([C@@H](OCc3cn(CC)nn3)C(C)(C)C(N)=O)ccc2C)C1. The van der Waals surface area contributed by atoms with Crippen molar-refractivity contribution in [2.45, 2.75) is 84.3 Å². The Hall–Kier alpha value is -3.29. The number of nitrogens with two attached hydrogens (primary N) is 1. The van der Waals surface area contributed by atoms with E-state index >= 15 is 0 Å². The first kappa shape index (κ1) is 32.6. The Morgan fingerprint density at radius 3 is 2.49 bits per heavy atom. The van der Waals surface area contributed by atoms with Gasteiger partial charge in [-0.2, -0.15) is 17.5 Å². The van der Waals surface area contributed by atoms with Crippen LogP contribution in [-0.4, -0.2) is 40.2 Å². The predicted molar refractivity (Wildman–Crippen MR) is 154 cm³/mol. The number of alkyl halides is 3. The van der Waals surface area contributed by atoms with Crippen LogP contribution < -0.4 is 5.73 Å². The van der Waals surface area contributed by atoms with Crippen LogP contribution in [0.4, 0.5) is 13.2 Å². The van der Waals surface area contributed by atoms with Crippen molar-refractivity contribution in [3.05, 3.63) is 76.1 Å². The summed E-state index contributed by atoms with van der Waals surface area (Å²) in [6.07, 6.45) is -2.74. The van der Waals surface area contributed by atoms with Crippen molar-refractivity contribution in [2.24, 2.45) is 17.1 Å². The molecule has 2 heterocycles. The summed E-state index contributed by atoms with van der Waals surface area (Å²) < 4.78 is 77.6. The van der Waals surface area contributed by atoms with Crippen LogP contribution in [0.3, 0.4) is 0 Å². The van der Waals surface area contributed by atoms with Gasteiger partial charge in [0.25, 0.3) is 0 Å². The van der Waals surface area contributed by atoms with E-state index < -0.39 is 39.2 Å². The number of benzene rings is 2. The van der Waals surface area contributed by atoms with E-state index in [1.165, 1.54) is 10.4 Å². The minimum atomic E-state index is -4.68. The number of nitrogens with zero attached hydrogens (tertiary/aromatic N) is 4. The van der Waals surface area contributed by atoms with Crippen molar-refractivity contribution in [1.82, 2.24) is 19.3 Å². The van der Waals surface area contributed by atoms with Crippen LogP contribution in [0.15, 0.2) is 47.5 Å². The van der Waals surface area contributed by atoms with Crippen LogP contribution in [0.1, 0.15) is 73.7 Å². The van der Waals surface area contributed by atoms with Gasteiger partial charge in [-0.15, -0.1) is 5.10 Å². The molecule has 3 aromatic rings. The largest absolute Gasteiger partial charge is 0.416 e. The topological polar surface area (TPSA) is 120 Å². The molecule has 0 saturated carbocycles. The summed E-state index contributed by atoms with van der Waals surface area (Å²) in [5.74, 6) is -0.674. The van der Waals surface area contributed by atoms with Crippen LogP contribution in [0.25, 0.3) is 0 Å². The van der Waals surface area contributed by atoms with Gasteiger partial charge in [0.05, 0.1) is 34.8 Å². The van der Waals surface area contributed by atoms with Crippen molar-refractivity contribution < 1.29 is 31.1 Å². The third kappa shape index (κ3) is 6.94. The van der Waals surface area contributed by atoms with Crippen LogP contribution in [0, 0.1) is 18.3 Å². The first-order valence-electron chi connectivity index (χ1n) is 14.2. The molecule has 0 aliphatic carbocycles. The number of amides is 1. The van der Waals surface area contributed by atoms with Crippen molar-refractivity contribution in [3.63, 3.8) is 0 Å². The number of halogens is 3. The molecular formula is C30H38F3N5O4S. The summed E-state index contributed by atoms with van der Waals surface area (Å²) in [6, 6.07) is 8.35. The molecule has 0 bridgehead atoms. The third-order valence-corrected chi connectivity index (χ3v) is 10.1. The lowest BCUT2D eigenvalue weighted by Gasteiger charge is -2.32. The zero-order valence-corrected chi connectivity index (χ0v) is 25.8. The number of carbonyl (C=O) groups excluding carboxylic acids is 1. The van der Waals surface area contributed by atoms with Crippen LogP contribution in [-0.2, 0) is 51.8 Å². The first-order valence-corrected chi connectivity index (χ1v) is 15.6. The van der Waals surface area contributed by atoms with E-state index in [2.05, 4.69) is 10.3 Å². The maximum Gasteiger partial charge on any atom is 0.416 e. The number of rotatable bonds is 10. The van der Waals surface area contributed by atoms with E-state index in [-0.39, 0.29) is 30.5 Å². The molecule has 2 aromatic carbocycles. The van der Waals surface area contributed by atoms with Gasteiger partial charge in [0.1, 0.15) is 5.69 Å². The van der Waals surface area contributed by atoms with Gasteiger partial charge in [0, 0.05) is 19.6 Å². The number of sulfonamides is 1. The van der Waals surface area contributed by atoms with E-state index in [0.29, 0.717) is 41.8 Å². The average molecular weight is 622 g/mol. The normalized spacial score (nSPS) is 18.2. The van der Waals surface area contributed by atoms with Gasteiger partial charge in [0.15, 0.2) is 0 Å². The van der Waals surface area contributed by atoms with Gasteiger partial charge in [-0.3, -0.25) is 9.48 Å². The van der Waals surface area contributed by atoms with Crippen LogP contribution in [0.2, 0.25) is 0 Å². The fraction of sp³-hybridized carbons (Fsp3) is 0.500. The van der Waals surface area contributed by atoms with Gasteiger partial charge in [-0.05, 0) is 74.4 Å². The molecule has 43 heavy (non-hydrogen) atoms. The molecule has 4 rings (SSSR count). The Kier molecular flexibility index (Phi) is 9.38. The highest BCUT2D eigenvalue weighted by molar-refractivity contribution is 7.89. The van der Waals surface area contributed by atoms with Crippen molar-refractivity contribution in [2.75, 3.05) is 6.54 Å². The summed E-state index contributed by atoms with van der Waals surface area (Å²) in [5, 5.41) is 8.11. The summed E-state index contributed by atoms with van der Waals surface area (Å²) in [6.45, 7) is 9.80. The molecule has 2 atom stereocenters. The minimum Gasteiger partial charge on any atom is -0.369 e. The lowest BCUT2D eigenvalue weighted by molar-refractivity contribution is -0.138. The molecule has 1 aliphatic rings. The lowest BCUT2D eigenvalue weighted by Crippen LogP contribution is -2.38. The smallest absolute Gasteiger partial charge is 0.369 e. The number of hydrogen-bond donors (Lipinski definition) is 1. The van der Waals surface area contributed by atoms with Crippen molar-refractivity contribution in [1.29, 1.82) is 0 Å². The molecule has 1 aliphatic heterocycles. The molecule has 1 aromatic heterocycles. The molecule has 1 amide bonds. The maximum atomic E-state index is 13.9. The Bertz CT molecular complexity index is 1590. The van der Waals surface area contributed by atoms with Gasteiger partial charge in [-0.25, -0.2) is 8.42 Å². The second kappa shape index (κ2) is 12.4. The van der Waals surface area contributed by atoms with E-state index in [1.54, 1.807) is 36.9 Å². The van der Waals surface area contributed by atoms with E-state index in [1.807, 2.05) is 26.8 Å². The zero-order valence-electron chi connectivity index (χ0n) is 25.0. The van der Waals surface area contributed by atoms with Crippen LogP contribution >= 0.6 is 0 Å². The Morgan fingerprint density at radius 2 is 1.88 bits per heavy atom. The van der Waals surface area contributed by atoms with Gasteiger partial charge >= 0.3 is 6.18 Å². The summed E-state index contributed by atoms with van der Waals surface area (Å²) >= 11 is 0. The highest BCUT2D eigenvalue weighted by Gasteiger charge is 2.39. The molecule has 9 nitrogen and oxygen atoms in total. The standard InChI is InChI=1S/C30H38F3N5O4S/c1-6-20-12-21-10-11-24(30(31,32)33)14-26(21)43(40,41)38(15-20)16-23-13-22(9-8-19(23)3)27(29(4,5)28(34)39)42-18-25-17-37(7-2)36-35-25/h8-11,13-14,17,20,27H,6-7,12,15-16,18H2,1-5H3,(H2,34,39)/t20-,27+/m0/s1. The zero-order chi connectivity index (χ0) is 31.7. The highest BCUT2D eigenvalue weighted by atomic mass is 32.2. The van der Waals surface area contributed by atoms with Crippen LogP contribution in [0.5, 0.6) is 0 Å². The van der Waals surface area contributed by atoms with E-state index in [0.717, 1.165) is 17.7 Å². The molecule has 13 heteroatoms. The number of hydrogen-bond acceptors (Lipinski definition) is 6. The molecule has 0 unspecified atom stereocenters. The third-order valence-electron chi connectivity index (χ3n) is 8.18. The number of aromatic nitrogens is 3. The molecule has 0 saturated heterocycles. The lowest BCUT2D eigenvalue weighted by atomic mass is 9.81. The van der Waals surface area contributed by atoms with Crippen molar-refractivity contribution >= 4 is 15.9 Å². The summed E-state index contributed by atoms with van der Waals surface area (Å²) in [4.78, 5) is 12.2. The predicted octanol–water partition coefficient (Wildman–Crippen LogP) is 5.17. The summed E-state index contributed by atoms with van der Waals surface area (Å²) in [5.41, 5.74) is 6.58. The maximum absolute atomic E-state index is 13.9. The molecule has 0 spiro atoms. The second-order valence-electron chi connectivity index (χ2n) is 11.6. The Balaban J connectivity index is 1.72. The number of ether oxygens (including phenoxy) is 1. The molecular weight excluding hydrogens is 583 g/mol. The van der Waals surface area contributed by atoms with Gasteiger partial charge in [-0.1, -0.05) is 42.8 Å². The van der Waals surface area contributed by atoms with Crippen molar-refractivity contribution in [3.8, 4) is 0 Å². The molecule has 2 N–H and O–H groups in total. The number of primary amides is 1. The Labute approximate surface area is 250 Å². The summed E-state index contributed by atoms with van der Waals surface area (Å²) in [7, 11) is -4.27. The fourth-order valence-electron chi connectivity index (χ4n) is 5.26. The average Bonchev–Trinajstić information content (AvgIpc) is 3.37. The Morgan fingerprint density at radius 1 is 1.16 bits per heavy atom. The fourth-order valence-corrected chi connectivity index (χ4v) is 7.01. The van der Waals surface area contributed by atoms with E-state index in [9.17, 15) is 26.4 Å². The minimum absolute atomic E-state index is 0.0571. The quantitative estimate of drug-likeness (QED) is 0.334. The monoisotopic (exact) mass is 621 g/mol. The number of fused-ring (bicyclic) bond motifs is 1. The number of aryl methyl sites for hydroxylation is 2. The first-order chi connectivity index (χ1) is 20.1. The second-order valence-corrected chi connectivity index (χ2v) is 13.5. The van der Waals surface area contributed by atoms with Gasteiger partial charge < -0.3 is 10.5 Å². The van der Waals surface area contributed by atoms with Gasteiger partial charge in [0.2, 0.25) is 15.9 Å². The molecule has 0 fully saturated rings. The number of carbonyl (C=O) groups is 1. The molecule has 0 radical (unpaired) electrons. The highest BCUT2D eigenvalue weighted by Crippen LogP contribution is 2.39.